The summed E-state index contributed by atoms with van der Waals surface area (Å²) in [7, 11) is 0. The predicted molar refractivity (Wildman–Crippen MR) is 103 cm³/mol. The number of nitrogens with two attached hydrogens (primary N) is 1. The number of carbonyl (C=O) groups excluding carboxylic acids is 1. The van der Waals surface area contributed by atoms with Crippen molar-refractivity contribution in [2.75, 3.05) is 32.7 Å². The second-order valence-electron chi connectivity index (χ2n) is 8.04. The monoisotopic (exact) mass is 346 g/mol. The van der Waals surface area contributed by atoms with Gasteiger partial charge in [-0.25, -0.2) is 0 Å². The van der Waals surface area contributed by atoms with Gasteiger partial charge in [0.1, 0.15) is 0 Å². The molecule has 0 radical (unpaired) electrons. The van der Waals surface area contributed by atoms with Gasteiger partial charge in [0.05, 0.1) is 6.04 Å². The van der Waals surface area contributed by atoms with Gasteiger partial charge in [0.2, 0.25) is 5.91 Å². The molecular weight excluding hydrogens is 312 g/mol. The fourth-order valence-corrected chi connectivity index (χ4v) is 3.07. The van der Waals surface area contributed by atoms with Crippen LogP contribution in [-0.2, 0) is 17.9 Å². The zero-order chi connectivity index (χ0) is 18.4. The van der Waals surface area contributed by atoms with E-state index in [9.17, 15) is 4.79 Å². The Morgan fingerprint density at radius 1 is 1.12 bits per heavy atom. The van der Waals surface area contributed by atoms with Crippen molar-refractivity contribution in [2.24, 2.45) is 11.1 Å². The van der Waals surface area contributed by atoms with Crippen molar-refractivity contribution in [3.05, 3.63) is 35.4 Å². The smallest absolute Gasteiger partial charge is 0.237 e. The van der Waals surface area contributed by atoms with E-state index in [4.69, 9.17) is 5.73 Å². The summed E-state index contributed by atoms with van der Waals surface area (Å²) >= 11 is 0. The number of amides is 1. The molecule has 0 unspecified atom stereocenters. The molecule has 0 aliphatic carbocycles. The molecule has 1 aliphatic heterocycles. The number of rotatable bonds is 6. The molecule has 5 nitrogen and oxygen atoms in total. The first-order valence-corrected chi connectivity index (χ1v) is 9.36. The molecule has 1 aromatic carbocycles. The standard InChI is InChI=1S/C20H34N4O/c1-5-23-10-12-24(13-11-23)15-17-9-7-6-8-16(17)14-22-19(25)18(21)20(2,3)4/h6-9,18H,5,10-15,21H2,1-4H3,(H,22,25)/t18-/m1/s1. The number of benzene rings is 1. The summed E-state index contributed by atoms with van der Waals surface area (Å²) in [5.41, 5.74) is 8.28. The fourth-order valence-electron chi connectivity index (χ4n) is 3.07. The molecule has 1 aliphatic rings. The lowest BCUT2D eigenvalue weighted by molar-refractivity contribution is -0.124. The number of likely N-dealkylation sites (N-methyl/N-ethyl adjacent to an activating group) is 1. The number of nitrogens with one attached hydrogen (secondary N) is 1. The normalized spacial score (nSPS) is 18.1. The number of piperazine rings is 1. The highest BCUT2D eigenvalue weighted by Crippen LogP contribution is 2.18. The third kappa shape index (κ3) is 5.80. The van der Waals surface area contributed by atoms with Crippen molar-refractivity contribution in [2.45, 2.75) is 46.8 Å². The van der Waals surface area contributed by atoms with E-state index in [2.05, 4.69) is 40.2 Å². The fraction of sp³-hybridized carbons (Fsp3) is 0.650. The highest BCUT2D eigenvalue weighted by atomic mass is 16.2. The topological polar surface area (TPSA) is 61.6 Å². The first-order valence-electron chi connectivity index (χ1n) is 9.36. The molecule has 0 spiro atoms. The second kappa shape index (κ2) is 8.79. The number of hydrogen-bond donors (Lipinski definition) is 2. The van der Waals surface area contributed by atoms with Crippen LogP contribution in [0.25, 0.3) is 0 Å². The molecule has 1 saturated heterocycles. The summed E-state index contributed by atoms with van der Waals surface area (Å²) in [5, 5.41) is 3.01. The van der Waals surface area contributed by atoms with Gasteiger partial charge < -0.3 is 16.0 Å². The first-order chi connectivity index (χ1) is 11.8. The van der Waals surface area contributed by atoms with E-state index in [1.807, 2.05) is 26.8 Å². The molecule has 2 rings (SSSR count). The molecule has 1 atom stereocenters. The van der Waals surface area contributed by atoms with Crippen molar-refractivity contribution >= 4 is 5.91 Å². The van der Waals surface area contributed by atoms with Crippen LogP contribution in [0.5, 0.6) is 0 Å². The number of nitrogens with zero attached hydrogens (tertiary/aromatic N) is 2. The van der Waals surface area contributed by atoms with Gasteiger partial charge in [0, 0.05) is 39.3 Å². The minimum absolute atomic E-state index is 0.0844. The number of carbonyl (C=O) groups is 1. The van der Waals surface area contributed by atoms with Gasteiger partial charge >= 0.3 is 0 Å². The highest BCUT2D eigenvalue weighted by Gasteiger charge is 2.27. The van der Waals surface area contributed by atoms with Crippen LogP contribution in [0.2, 0.25) is 0 Å². The summed E-state index contributed by atoms with van der Waals surface area (Å²) in [4.78, 5) is 17.3. The Hall–Kier alpha value is -1.43. The van der Waals surface area contributed by atoms with Crippen molar-refractivity contribution in [3.63, 3.8) is 0 Å². The molecule has 5 heteroatoms. The van der Waals surface area contributed by atoms with Crippen molar-refractivity contribution in [1.29, 1.82) is 0 Å². The molecule has 140 valence electrons. The summed E-state index contributed by atoms with van der Waals surface area (Å²) < 4.78 is 0. The SMILES string of the molecule is CCN1CCN(Cc2ccccc2CNC(=O)[C@@H](N)C(C)(C)C)CC1. The van der Waals surface area contributed by atoms with E-state index in [-0.39, 0.29) is 11.3 Å². The first kappa shape index (κ1) is 19.9. The van der Waals surface area contributed by atoms with Crippen LogP contribution < -0.4 is 11.1 Å². The molecular formula is C20H34N4O. The van der Waals surface area contributed by atoms with Gasteiger partial charge in [-0.15, -0.1) is 0 Å². The van der Waals surface area contributed by atoms with Crippen LogP contribution in [0, 0.1) is 5.41 Å². The molecule has 0 bridgehead atoms. The summed E-state index contributed by atoms with van der Waals surface area (Å²) in [5.74, 6) is -0.0844. The quantitative estimate of drug-likeness (QED) is 0.825. The molecule has 1 heterocycles. The van der Waals surface area contributed by atoms with Gasteiger partial charge in [0.15, 0.2) is 0 Å². The Morgan fingerprint density at radius 3 is 2.24 bits per heavy atom. The maximum absolute atomic E-state index is 12.3. The lowest BCUT2D eigenvalue weighted by atomic mass is 9.87. The van der Waals surface area contributed by atoms with Crippen LogP contribution in [0.4, 0.5) is 0 Å². The molecule has 0 saturated carbocycles. The summed E-state index contributed by atoms with van der Waals surface area (Å²) in [6, 6.07) is 7.87. The Balaban J connectivity index is 1.93. The van der Waals surface area contributed by atoms with E-state index < -0.39 is 6.04 Å². The van der Waals surface area contributed by atoms with Gasteiger partial charge in [-0.2, -0.15) is 0 Å². The van der Waals surface area contributed by atoms with Crippen molar-refractivity contribution < 1.29 is 4.79 Å². The largest absolute Gasteiger partial charge is 0.351 e. The Kier molecular flexibility index (Phi) is 6.99. The zero-order valence-electron chi connectivity index (χ0n) is 16.2. The molecule has 1 fully saturated rings. The molecule has 1 amide bonds. The third-order valence-electron chi connectivity index (χ3n) is 5.09. The minimum Gasteiger partial charge on any atom is -0.351 e. The van der Waals surface area contributed by atoms with E-state index in [0.29, 0.717) is 6.54 Å². The maximum atomic E-state index is 12.3. The minimum atomic E-state index is -0.498. The van der Waals surface area contributed by atoms with Crippen LogP contribution in [0.3, 0.4) is 0 Å². The van der Waals surface area contributed by atoms with Crippen molar-refractivity contribution in [1.82, 2.24) is 15.1 Å². The van der Waals surface area contributed by atoms with E-state index in [0.717, 1.165) is 39.3 Å². The summed E-state index contributed by atoms with van der Waals surface area (Å²) in [6.45, 7) is 15.3. The number of hydrogen-bond acceptors (Lipinski definition) is 4. The molecule has 0 aromatic heterocycles. The second-order valence-corrected chi connectivity index (χ2v) is 8.04. The van der Waals surface area contributed by atoms with Crippen LogP contribution in [0.15, 0.2) is 24.3 Å². The van der Waals surface area contributed by atoms with Crippen molar-refractivity contribution in [3.8, 4) is 0 Å². The Labute approximate surface area is 152 Å². The van der Waals surface area contributed by atoms with Crippen LogP contribution >= 0.6 is 0 Å². The average Bonchev–Trinajstić information content (AvgIpc) is 2.60. The third-order valence-corrected chi connectivity index (χ3v) is 5.09. The van der Waals surface area contributed by atoms with Gasteiger partial charge in [0.25, 0.3) is 0 Å². The summed E-state index contributed by atoms with van der Waals surface area (Å²) in [6.07, 6.45) is 0. The molecule has 25 heavy (non-hydrogen) atoms. The van der Waals surface area contributed by atoms with Gasteiger partial charge in [-0.3, -0.25) is 9.69 Å². The van der Waals surface area contributed by atoms with E-state index >= 15 is 0 Å². The Morgan fingerprint density at radius 2 is 1.68 bits per heavy atom. The Bertz CT molecular complexity index is 559. The van der Waals surface area contributed by atoms with Gasteiger partial charge in [-0.1, -0.05) is 52.0 Å². The molecule has 3 N–H and O–H groups in total. The average molecular weight is 347 g/mol. The highest BCUT2D eigenvalue weighted by molar-refractivity contribution is 5.82. The lowest BCUT2D eigenvalue weighted by Crippen LogP contribution is -2.48. The zero-order valence-corrected chi connectivity index (χ0v) is 16.2. The lowest BCUT2D eigenvalue weighted by Gasteiger charge is -2.34. The van der Waals surface area contributed by atoms with Gasteiger partial charge in [-0.05, 0) is 23.1 Å². The van der Waals surface area contributed by atoms with E-state index in [1.54, 1.807) is 0 Å². The van der Waals surface area contributed by atoms with E-state index in [1.165, 1.54) is 11.1 Å². The molecule has 1 aromatic rings. The van der Waals surface area contributed by atoms with Crippen LogP contribution in [0.1, 0.15) is 38.8 Å². The van der Waals surface area contributed by atoms with Crippen LogP contribution in [-0.4, -0.2) is 54.5 Å². The predicted octanol–water partition coefficient (Wildman–Crippen LogP) is 1.81. The maximum Gasteiger partial charge on any atom is 0.237 e.